The van der Waals surface area contributed by atoms with Crippen molar-refractivity contribution >= 4 is 11.6 Å². The molecule has 0 heterocycles. The van der Waals surface area contributed by atoms with Gasteiger partial charge in [0.2, 0.25) is 5.91 Å². The van der Waals surface area contributed by atoms with Crippen molar-refractivity contribution in [3.63, 3.8) is 0 Å². The van der Waals surface area contributed by atoms with Crippen molar-refractivity contribution < 1.29 is 9.53 Å². The minimum absolute atomic E-state index is 0.0945. The van der Waals surface area contributed by atoms with E-state index in [1.54, 1.807) is 0 Å². The van der Waals surface area contributed by atoms with Gasteiger partial charge in [0.15, 0.2) is 0 Å². The normalized spacial score (nSPS) is 11.5. The molecule has 0 aliphatic carbocycles. The maximum Gasteiger partial charge on any atom is 0.226 e. The van der Waals surface area contributed by atoms with Gasteiger partial charge >= 0.3 is 0 Å². The second-order valence-electron chi connectivity index (χ2n) is 5.89. The van der Waals surface area contributed by atoms with Crippen LogP contribution in [0.2, 0.25) is 0 Å². The number of benzene rings is 1. The minimum Gasteiger partial charge on any atom is -0.492 e. The molecule has 0 atom stereocenters. The molecule has 0 saturated heterocycles. The summed E-state index contributed by atoms with van der Waals surface area (Å²) < 4.78 is 5.62. The third kappa shape index (κ3) is 7.11. The van der Waals surface area contributed by atoms with Crippen LogP contribution >= 0.6 is 0 Å². The highest BCUT2D eigenvalue weighted by Crippen LogP contribution is 2.18. The van der Waals surface area contributed by atoms with Crippen molar-refractivity contribution in [1.82, 2.24) is 4.90 Å². The summed E-state index contributed by atoms with van der Waals surface area (Å²) in [6.45, 7) is 5.11. The van der Waals surface area contributed by atoms with Crippen LogP contribution in [-0.4, -0.2) is 43.6 Å². The van der Waals surface area contributed by atoms with Crippen LogP contribution in [0.15, 0.2) is 24.3 Å². The third-order valence-corrected chi connectivity index (χ3v) is 2.54. The summed E-state index contributed by atoms with van der Waals surface area (Å²) in [6, 6.07) is 7.38. The fraction of sp³-hybridized carbons (Fsp3) is 0.533. The quantitative estimate of drug-likeness (QED) is 0.797. The van der Waals surface area contributed by atoms with E-state index < -0.39 is 5.54 Å². The highest BCUT2D eigenvalue weighted by molar-refractivity contribution is 5.91. The predicted octanol–water partition coefficient (Wildman–Crippen LogP) is 1.69. The second-order valence-corrected chi connectivity index (χ2v) is 5.89. The lowest BCUT2D eigenvalue weighted by Gasteiger charge is -2.17. The van der Waals surface area contributed by atoms with Crippen LogP contribution in [0.5, 0.6) is 5.75 Å². The van der Waals surface area contributed by atoms with Crippen LogP contribution in [0.25, 0.3) is 0 Å². The largest absolute Gasteiger partial charge is 0.492 e. The van der Waals surface area contributed by atoms with Crippen molar-refractivity contribution in [2.75, 3.05) is 32.6 Å². The lowest BCUT2D eigenvalue weighted by Crippen LogP contribution is -2.36. The standard InChI is InChI=1S/C15H25N3O2/c1-15(2,16)11-14(19)17-12-6-5-7-13(10-12)20-9-8-18(3)4/h5-7,10H,8-9,11,16H2,1-4H3,(H,17,19). The third-order valence-electron chi connectivity index (χ3n) is 2.54. The topological polar surface area (TPSA) is 67.6 Å². The Bertz CT molecular complexity index is 439. The van der Waals surface area contributed by atoms with E-state index in [0.717, 1.165) is 18.0 Å². The van der Waals surface area contributed by atoms with E-state index in [9.17, 15) is 4.79 Å². The molecule has 1 aromatic rings. The molecule has 0 aliphatic rings. The van der Waals surface area contributed by atoms with Crippen LogP contribution in [0.1, 0.15) is 20.3 Å². The molecular weight excluding hydrogens is 254 g/mol. The molecule has 112 valence electrons. The Hall–Kier alpha value is -1.59. The van der Waals surface area contributed by atoms with E-state index in [0.29, 0.717) is 6.61 Å². The summed E-state index contributed by atoms with van der Waals surface area (Å²) in [5.74, 6) is 0.652. The molecule has 1 amide bonds. The van der Waals surface area contributed by atoms with E-state index in [4.69, 9.17) is 10.5 Å². The number of anilines is 1. The van der Waals surface area contributed by atoms with Crippen molar-refractivity contribution in [2.45, 2.75) is 25.8 Å². The number of nitrogens with two attached hydrogens (primary N) is 1. The summed E-state index contributed by atoms with van der Waals surface area (Å²) in [5.41, 5.74) is 6.04. The summed E-state index contributed by atoms with van der Waals surface area (Å²) in [4.78, 5) is 13.9. The molecule has 0 aromatic heterocycles. The molecule has 20 heavy (non-hydrogen) atoms. The zero-order valence-corrected chi connectivity index (χ0v) is 12.8. The summed E-state index contributed by atoms with van der Waals surface area (Å²) >= 11 is 0. The molecule has 0 aliphatic heterocycles. The van der Waals surface area contributed by atoms with Gasteiger partial charge in [-0.1, -0.05) is 6.07 Å². The summed E-state index contributed by atoms with van der Waals surface area (Å²) in [7, 11) is 3.99. The molecule has 0 radical (unpaired) electrons. The van der Waals surface area contributed by atoms with Gasteiger partial charge in [-0.15, -0.1) is 0 Å². The van der Waals surface area contributed by atoms with Gasteiger partial charge in [0.25, 0.3) is 0 Å². The van der Waals surface area contributed by atoms with E-state index in [1.165, 1.54) is 0 Å². The van der Waals surface area contributed by atoms with Gasteiger partial charge in [-0.2, -0.15) is 0 Å². The van der Waals surface area contributed by atoms with Gasteiger partial charge < -0.3 is 20.7 Å². The molecule has 0 fully saturated rings. The first-order valence-corrected chi connectivity index (χ1v) is 6.72. The van der Waals surface area contributed by atoms with Gasteiger partial charge in [0.05, 0.1) is 0 Å². The molecule has 0 bridgehead atoms. The SMILES string of the molecule is CN(C)CCOc1cccc(NC(=O)CC(C)(C)N)c1. The maximum absolute atomic E-state index is 11.8. The number of nitrogens with zero attached hydrogens (tertiary/aromatic N) is 1. The molecule has 5 nitrogen and oxygen atoms in total. The molecule has 1 rings (SSSR count). The Kier molecular flexibility index (Phi) is 5.98. The van der Waals surface area contributed by atoms with Gasteiger partial charge in [-0.05, 0) is 40.1 Å². The Labute approximate surface area is 121 Å². The monoisotopic (exact) mass is 279 g/mol. The Morgan fingerprint density at radius 1 is 1.40 bits per heavy atom. The van der Waals surface area contributed by atoms with E-state index in [2.05, 4.69) is 10.2 Å². The first kappa shape index (κ1) is 16.5. The maximum atomic E-state index is 11.8. The molecule has 3 N–H and O–H groups in total. The molecular formula is C15H25N3O2. The zero-order chi connectivity index (χ0) is 15.2. The smallest absolute Gasteiger partial charge is 0.226 e. The van der Waals surface area contributed by atoms with Crippen molar-refractivity contribution in [2.24, 2.45) is 5.73 Å². The number of hydrogen-bond acceptors (Lipinski definition) is 4. The molecule has 0 spiro atoms. The zero-order valence-electron chi connectivity index (χ0n) is 12.8. The van der Waals surface area contributed by atoms with E-state index in [1.807, 2.05) is 52.2 Å². The first-order chi connectivity index (χ1) is 9.26. The van der Waals surface area contributed by atoms with Crippen LogP contribution in [0.4, 0.5) is 5.69 Å². The molecule has 0 unspecified atom stereocenters. The first-order valence-electron chi connectivity index (χ1n) is 6.72. The minimum atomic E-state index is -0.510. The Balaban J connectivity index is 2.53. The fourth-order valence-corrected chi connectivity index (χ4v) is 1.63. The number of rotatable bonds is 7. The Morgan fingerprint density at radius 3 is 2.70 bits per heavy atom. The highest BCUT2D eigenvalue weighted by atomic mass is 16.5. The lowest BCUT2D eigenvalue weighted by atomic mass is 10.0. The molecule has 1 aromatic carbocycles. The number of ether oxygens (including phenoxy) is 1. The average Bonchev–Trinajstić information content (AvgIpc) is 2.26. The van der Waals surface area contributed by atoms with Gasteiger partial charge in [0, 0.05) is 30.3 Å². The summed E-state index contributed by atoms with van der Waals surface area (Å²) in [5, 5.41) is 2.83. The highest BCUT2D eigenvalue weighted by Gasteiger charge is 2.16. The van der Waals surface area contributed by atoms with Gasteiger partial charge in [-0.25, -0.2) is 0 Å². The summed E-state index contributed by atoms with van der Waals surface area (Å²) in [6.07, 6.45) is 0.277. The predicted molar refractivity (Wildman–Crippen MR) is 82.0 cm³/mol. The number of carbonyl (C=O) groups is 1. The fourth-order valence-electron chi connectivity index (χ4n) is 1.63. The van der Waals surface area contributed by atoms with Crippen molar-refractivity contribution in [3.8, 4) is 5.75 Å². The lowest BCUT2D eigenvalue weighted by molar-refractivity contribution is -0.117. The van der Waals surface area contributed by atoms with Crippen LogP contribution < -0.4 is 15.8 Å². The van der Waals surface area contributed by atoms with Crippen LogP contribution in [-0.2, 0) is 4.79 Å². The number of amides is 1. The second kappa shape index (κ2) is 7.26. The van der Waals surface area contributed by atoms with Crippen LogP contribution in [0.3, 0.4) is 0 Å². The number of carbonyl (C=O) groups excluding carboxylic acids is 1. The van der Waals surface area contributed by atoms with E-state index >= 15 is 0 Å². The van der Waals surface area contributed by atoms with E-state index in [-0.39, 0.29) is 12.3 Å². The van der Waals surface area contributed by atoms with Crippen molar-refractivity contribution in [3.05, 3.63) is 24.3 Å². The van der Waals surface area contributed by atoms with Gasteiger partial charge in [-0.3, -0.25) is 4.79 Å². The molecule has 0 saturated carbocycles. The van der Waals surface area contributed by atoms with Crippen molar-refractivity contribution in [1.29, 1.82) is 0 Å². The average molecular weight is 279 g/mol. The van der Waals surface area contributed by atoms with Crippen LogP contribution in [0, 0.1) is 0 Å². The number of nitrogens with one attached hydrogen (secondary N) is 1. The number of likely N-dealkylation sites (N-methyl/N-ethyl adjacent to an activating group) is 1. The van der Waals surface area contributed by atoms with Gasteiger partial charge in [0.1, 0.15) is 12.4 Å². The number of hydrogen-bond donors (Lipinski definition) is 2. The molecule has 5 heteroatoms. The Morgan fingerprint density at radius 2 is 2.10 bits per heavy atom.